The summed E-state index contributed by atoms with van der Waals surface area (Å²) in [7, 11) is -3.75. The molecule has 1 saturated carbocycles. The van der Waals surface area contributed by atoms with E-state index in [1.54, 1.807) is 0 Å². The zero-order valence-corrected chi connectivity index (χ0v) is 12.2. The number of aliphatic carboxylic acids is 2. The van der Waals surface area contributed by atoms with Crippen LogP contribution < -0.4 is 5.09 Å². The van der Waals surface area contributed by atoms with Gasteiger partial charge in [-0.05, 0) is 25.2 Å². The molecule has 1 aliphatic carbocycles. The molecule has 2 atom stereocenters. The summed E-state index contributed by atoms with van der Waals surface area (Å²) in [6.07, 6.45) is 4.48. The molecule has 0 amide bonds. The van der Waals surface area contributed by atoms with E-state index in [4.69, 9.17) is 10.2 Å². The average molecular weight is 307 g/mol. The third-order valence-corrected chi connectivity index (χ3v) is 5.26. The monoisotopic (exact) mass is 307 g/mol. The fourth-order valence-electron chi connectivity index (χ4n) is 2.53. The summed E-state index contributed by atoms with van der Waals surface area (Å²) in [5, 5.41) is 19.8. The quantitative estimate of drug-likeness (QED) is 0.503. The zero-order chi connectivity index (χ0) is 15.2. The number of carboxylic acids is 2. The fourth-order valence-corrected chi connectivity index (χ4v) is 4.42. The van der Waals surface area contributed by atoms with Crippen LogP contribution in [0.2, 0.25) is 0 Å². The molecular formula is C12H22NO6P. The van der Waals surface area contributed by atoms with Crippen molar-refractivity contribution in [3.63, 3.8) is 0 Å². The van der Waals surface area contributed by atoms with E-state index in [1.165, 1.54) is 0 Å². The standard InChI is InChI=1S/C12H22NO6P/c14-11(15)7-6-10(12(16)17)13-20(18,19)8-9-4-2-1-3-5-9/h9-10H,1-8H2,(H,14,15)(H,16,17)(H2,13,18,19). The lowest BCUT2D eigenvalue weighted by molar-refractivity contribution is -0.140. The highest BCUT2D eigenvalue weighted by molar-refractivity contribution is 7.55. The van der Waals surface area contributed by atoms with Gasteiger partial charge in [0.05, 0.1) is 0 Å². The molecule has 1 aliphatic rings. The van der Waals surface area contributed by atoms with Gasteiger partial charge < -0.3 is 15.1 Å². The first-order chi connectivity index (χ1) is 9.30. The molecule has 1 fully saturated rings. The number of nitrogens with one attached hydrogen (secondary N) is 1. The van der Waals surface area contributed by atoms with Crippen LogP contribution in [0.3, 0.4) is 0 Å². The van der Waals surface area contributed by atoms with E-state index in [2.05, 4.69) is 5.09 Å². The zero-order valence-electron chi connectivity index (χ0n) is 11.3. The molecule has 0 aromatic rings. The van der Waals surface area contributed by atoms with Crippen molar-refractivity contribution in [3.8, 4) is 0 Å². The van der Waals surface area contributed by atoms with Gasteiger partial charge in [0.15, 0.2) is 0 Å². The van der Waals surface area contributed by atoms with E-state index in [0.717, 1.165) is 32.1 Å². The number of hydrogen-bond donors (Lipinski definition) is 4. The van der Waals surface area contributed by atoms with Gasteiger partial charge in [0.25, 0.3) is 7.52 Å². The molecule has 0 aliphatic heterocycles. The first-order valence-corrected chi connectivity index (χ1v) is 8.69. The summed E-state index contributed by atoms with van der Waals surface area (Å²) in [6, 6.07) is -1.30. The van der Waals surface area contributed by atoms with Gasteiger partial charge in [0, 0.05) is 12.6 Å². The Hall–Kier alpha value is -0.910. The first kappa shape index (κ1) is 17.1. The minimum atomic E-state index is -3.75. The summed E-state index contributed by atoms with van der Waals surface area (Å²) in [4.78, 5) is 31.3. The van der Waals surface area contributed by atoms with Crippen LogP contribution in [-0.2, 0) is 14.2 Å². The molecule has 0 radical (unpaired) electrons. The van der Waals surface area contributed by atoms with E-state index in [-0.39, 0.29) is 24.9 Å². The third kappa shape index (κ3) is 6.50. The Kier molecular flexibility index (Phi) is 6.65. The molecular weight excluding hydrogens is 285 g/mol. The number of hydrogen-bond acceptors (Lipinski definition) is 3. The molecule has 0 heterocycles. The van der Waals surface area contributed by atoms with E-state index in [0.29, 0.717) is 0 Å². The maximum absolute atomic E-state index is 12.1. The van der Waals surface area contributed by atoms with Gasteiger partial charge in [-0.25, -0.2) is 5.09 Å². The molecule has 2 unspecified atom stereocenters. The summed E-state index contributed by atoms with van der Waals surface area (Å²) in [5.74, 6) is -2.29. The van der Waals surface area contributed by atoms with Gasteiger partial charge in [-0.3, -0.25) is 14.2 Å². The van der Waals surface area contributed by atoms with Crippen LogP contribution in [0, 0.1) is 5.92 Å². The summed E-state index contributed by atoms with van der Waals surface area (Å²) in [5.41, 5.74) is 0. The van der Waals surface area contributed by atoms with E-state index < -0.39 is 25.5 Å². The summed E-state index contributed by atoms with van der Waals surface area (Å²) in [6.45, 7) is 0. The molecule has 0 aromatic heterocycles. The Bertz CT molecular complexity index is 393. The van der Waals surface area contributed by atoms with Gasteiger partial charge in [-0.15, -0.1) is 0 Å². The smallest absolute Gasteiger partial charge is 0.321 e. The highest BCUT2D eigenvalue weighted by atomic mass is 31.2. The third-order valence-electron chi connectivity index (χ3n) is 3.53. The second-order valence-corrected chi connectivity index (χ2v) is 7.37. The Morgan fingerprint density at radius 3 is 2.30 bits per heavy atom. The van der Waals surface area contributed by atoms with Crippen LogP contribution in [0.5, 0.6) is 0 Å². The average Bonchev–Trinajstić information content (AvgIpc) is 2.34. The maximum atomic E-state index is 12.1. The van der Waals surface area contributed by atoms with Crippen molar-refractivity contribution in [3.05, 3.63) is 0 Å². The predicted molar refractivity (Wildman–Crippen MR) is 72.7 cm³/mol. The molecule has 0 bridgehead atoms. The highest BCUT2D eigenvalue weighted by Gasteiger charge is 2.31. The molecule has 0 saturated heterocycles. The van der Waals surface area contributed by atoms with Crippen molar-refractivity contribution in [2.75, 3.05) is 6.16 Å². The van der Waals surface area contributed by atoms with Crippen molar-refractivity contribution in [2.45, 2.75) is 51.0 Å². The van der Waals surface area contributed by atoms with Crippen LogP contribution in [0.1, 0.15) is 44.9 Å². The van der Waals surface area contributed by atoms with Gasteiger partial charge in [0.1, 0.15) is 6.04 Å². The highest BCUT2D eigenvalue weighted by Crippen LogP contribution is 2.42. The Morgan fingerprint density at radius 2 is 1.80 bits per heavy atom. The van der Waals surface area contributed by atoms with E-state index >= 15 is 0 Å². The minimum absolute atomic E-state index is 0.0594. The largest absolute Gasteiger partial charge is 0.481 e. The Labute approximate surface area is 117 Å². The minimum Gasteiger partial charge on any atom is -0.481 e. The predicted octanol–water partition coefficient (Wildman–Crippen LogP) is 1.66. The first-order valence-electron chi connectivity index (χ1n) is 6.84. The fraction of sp³-hybridized carbons (Fsp3) is 0.833. The number of carboxylic acid groups (broad SMARTS) is 2. The Balaban J connectivity index is 2.53. The van der Waals surface area contributed by atoms with Gasteiger partial charge in [-0.1, -0.05) is 19.3 Å². The van der Waals surface area contributed by atoms with Crippen molar-refractivity contribution in [1.29, 1.82) is 0 Å². The van der Waals surface area contributed by atoms with Gasteiger partial charge in [0.2, 0.25) is 0 Å². The second kappa shape index (κ2) is 7.76. The van der Waals surface area contributed by atoms with Crippen LogP contribution in [0.4, 0.5) is 0 Å². The molecule has 4 N–H and O–H groups in total. The molecule has 1 rings (SSSR count). The van der Waals surface area contributed by atoms with Crippen molar-refractivity contribution in [1.82, 2.24) is 5.09 Å². The summed E-state index contributed by atoms with van der Waals surface area (Å²) < 4.78 is 12.1. The van der Waals surface area contributed by atoms with Crippen LogP contribution >= 0.6 is 7.52 Å². The topological polar surface area (TPSA) is 124 Å². The van der Waals surface area contributed by atoms with Gasteiger partial charge in [-0.2, -0.15) is 0 Å². The molecule has 0 spiro atoms. The van der Waals surface area contributed by atoms with Crippen molar-refractivity contribution < 1.29 is 29.3 Å². The van der Waals surface area contributed by atoms with Crippen molar-refractivity contribution in [2.24, 2.45) is 5.92 Å². The lowest BCUT2D eigenvalue weighted by atomic mass is 9.91. The molecule has 0 aromatic carbocycles. The number of carbonyl (C=O) groups is 2. The van der Waals surface area contributed by atoms with Crippen LogP contribution in [0.25, 0.3) is 0 Å². The maximum Gasteiger partial charge on any atom is 0.321 e. The van der Waals surface area contributed by atoms with Crippen LogP contribution in [0.15, 0.2) is 0 Å². The summed E-state index contributed by atoms with van der Waals surface area (Å²) >= 11 is 0. The van der Waals surface area contributed by atoms with E-state index in [1.807, 2.05) is 0 Å². The molecule has 8 heteroatoms. The van der Waals surface area contributed by atoms with Crippen LogP contribution in [-0.4, -0.2) is 39.2 Å². The molecule has 7 nitrogen and oxygen atoms in total. The molecule has 20 heavy (non-hydrogen) atoms. The second-order valence-electron chi connectivity index (χ2n) is 5.34. The van der Waals surface area contributed by atoms with Gasteiger partial charge >= 0.3 is 11.9 Å². The lowest BCUT2D eigenvalue weighted by Crippen LogP contribution is -2.36. The SMILES string of the molecule is O=C(O)CCC(NP(=O)(O)CC1CCCCC1)C(=O)O. The normalized spacial score (nSPS) is 21.1. The number of rotatable bonds is 8. The van der Waals surface area contributed by atoms with Crippen molar-refractivity contribution >= 4 is 19.5 Å². The van der Waals surface area contributed by atoms with E-state index in [9.17, 15) is 19.0 Å². The Morgan fingerprint density at radius 1 is 1.20 bits per heavy atom. The lowest BCUT2D eigenvalue weighted by Gasteiger charge is -2.26. The molecule has 116 valence electrons.